The van der Waals surface area contributed by atoms with Crippen molar-refractivity contribution in [2.75, 3.05) is 30.9 Å². The summed E-state index contributed by atoms with van der Waals surface area (Å²) in [6.07, 6.45) is 3.90. The van der Waals surface area contributed by atoms with Gasteiger partial charge in [0.15, 0.2) is 5.65 Å². The van der Waals surface area contributed by atoms with E-state index in [2.05, 4.69) is 65.4 Å². The molecular weight excluding hydrogens is 448 g/mol. The predicted octanol–water partition coefficient (Wildman–Crippen LogP) is 4.82. The van der Waals surface area contributed by atoms with Gasteiger partial charge in [-0.2, -0.15) is 14.7 Å². The molecular formula is C28H32N8. The fraction of sp³-hybridized carbons (Fsp3) is 0.286. The Bertz CT molecular complexity index is 1540. The molecule has 5 rings (SSSR count). The minimum atomic E-state index is 0.743. The van der Waals surface area contributed by atoms with E-state index in [1.807, 2.05) is 67.5 Å². The summed E-state index contributed by atoms with van der Waals surface area (Å²) in [6, 6.07) is 14.8. The van der Waals surface area contributed by atoms with Crippen molar-refractivity contribution in [3.8, 4) is 22.4 Å². The zero-order valence-corrected chi connectivity index (χ0v) is 22.0. The van der Waals surface area contributed by atoms with E-state index in [9.17, 15) is 0 Å². The largest absolute Gasteiger partial charge is 0.363 e. The first kappa shape index (κ1) is 23.5. The highest BCUT2D eigenvalue weighted by molar-refractivity contribution is 5.83. The molecule has 184 valence electrons. The summed E-state index contributed by atoms with van der Waals surface area (Å²) < 4.78 is 3.78. The summed E-state index contributed by atoms with van der Waals surface area (Å²) in [5, 5.41) is 9.41. The Labute approximate surface area is 211 Å². The summed E-state index contributed by atoms with van der Waals surface area (Å²) in [5.41, 5.74) is 9.28. The lowest BCUT2D eigenvalue weighted by Gasteiger charge is -2.21. The van der Waals surface area contributed by atoms with Crippen LogP contribution in [0.5, 0.6) is 0 Å². The van der Waals surface area contributed by atoms with Crippen molar-refractivity contribution >= 4 is 17.3 Å². The first-order valence-electron chi connectivity index (χ1n) is 12.0. The quantitative estimate of drug-likeness (QED) is 0.347. The van der Waals surface area contributed by atoms with Crippen LogP contribution in [0, 0.1) is 20.8 Å². The number of rotatable bonds is 6. The van der Waals surface area contributed by atoms with E-state index in [0.29, 0.717) is 0 Å². The number of pyridine rings is 1. The lowest BCUT2D eigenvalue weighted by atomic mass is 10.0. The first-order valence-corrected chi connectivity index (χ1v) is 12.0. The molecule has 0 bridgehead atoms. The third kappa shape index (κ3) is 4.30. The van der Waals surface area contributed by atoms with Crippen LogP contribution in [0.3, 0.4) is 0 Å². The topological polar surface area (TPSA) is 67.4 Å². The molecule has 0 aliphatic carbocycles. The van der Waals surface area contributed by atoms with Gasteiger partial charge in [0.1, 0.15) is 11.6 Å². The van der Waals surface area contributed by atoms with Crippen LogP contribution >= 0.6 is 0 Å². The Hall–Kier alpha value is -4.20. The van der Waals surface area contributed by atoms with Crippen LogP contribution in [0.1, 0.15) is 22.5 Å². The number of nitrogens with zero attached hydrogens (tertiary/aromatic N) is 8. The molecule has 36 heavy (non-hydrogen) atoms. The normalized spacial score (nSPS) is 11.3. The average molecular weight is 481 g/mol. The van der Waals surface area contributed by atoms with E-state index in [4.69, 9.17) is 10.1 Å². The van der Waals surface area contributed by atoms with E-state index in [1.54, 1.807) is 0 Å². The lowest BCUT2D eigenvalue weighted by molar-refractivity contribution is 0.771. The van der Waals surface area contributed by atoms with E-state index in [1.165, 1.54) is 5.56 Å². The molecule has 0 aliphatic rings. The van der Waals surface area contributed by atoms with Gasteiger partial charge in [-0.1, -0.05) is 24.3 Å². The van der Waals surface area contributed by atoms with E-state index >= 15 is 0 Å². The summed E-state index contributed by atoms with van der Waals surface area (Å²) in [7, 11) is 8.03. The molecule has 0 radical (unpaired) electrons. The number of aromatic nitrogens is 6. The Morgan fingerprint density at radius 3 is 2.31 bits per heavy atom. The number of fused-ring (bicyclic) bond motifs is 1. The van der Waals surface area contributed by atoms with Gasteiger partial charge in [-0.05, 0) is 44.0 Å². The molecule has 4 heterocycles. The van der Waals surface area contributed by atoms with Gasteiger partial charge in [-0.25, -0.2) is 9.97 Å². The number of anilines is 2. The second kappa shape index (κ2) is 9.11. The highest BCUT2D eigenvalue weighted by atomic mass is 15.3. The third-order valence-electron chi connectivity index (χ3n) is 6.47. The maximum absolute atomic E-state index is 4.91. The minimum Gasteiger partial charge on any atom is -0.363 e. The molecule has 0 spiro atoms. The Kier molecular flexibility index (Phi) is 5.96. The van der Waals surface area contributed by atoms with Gasteiger partial charge >= 0.3 is 0 Å². The van der Waals surface area contributed by atoms with Crippen molar-refractivity contribution < 1.29 is 0 Å². The SMILES string of the molecule is Cc1cc(N(C)Cc2ccc(-c3ccn(C)n3)cc2)n2nc(C)c(-c3cnc(N(C)C)cc3C)c2n1. The van der Waals surface area contributed by atoms with Gasteiger partial charge in [0, 0.05) is 70.0 Å². The molecule has 0 saturated heterocycles. The molecule has 1 aromatic carbocycles. The summed E-state index contributed by atoms with van der Waals surface area (Å²) in [5.74, 6) is 1.93. The van der Waals surface area contributed by atoms with Crippen molar-refractivity contribution in [1.82, 2.24) is 29.4 Å². The second-order valence-electron chi connectivity index (χ2n) is 9.63. The smallest absolute Gasteiger partial charge is 0.165 e. The number of hydrogen-bond acceptors (Lipinski definition) is 6. The maximum atomic E-state index is 4.91. The molecule has 0 amide bonds. The minimum absolute atomic E-state index is 0.743. The molecule has 0 atom stereocenters. The third-order valence-corrected chi connectivity index (χ3v) is 6.47. The zero-order chi connectivity index (χ0) is 25.6. The van der Waals surface area contributed by atoms with Gasteiger partial charge in [-0.3, -0.25) is 4.68 Å². The van der Waals surface area contributed by atoms with Crippen molar-refractivity contribution in [3.63, 3.8) is 0 Å². The molecule has 5 aromatic rings. The average Bonchev–Trinajstić information content (AvgIpc) is 3.41. The van der Waals surface area contributed by atoms with Crippen molar-refractivity contribution in [3.05, 3.63) is 77.4 Å². The van der Waals surface area contributed by atoms with Gasteiger partial charge in [-0.15, -0.1) is 0 Å². The highest BCUT2D eigenvalue weighted by Gasteiger charge is 2.20. The molecule has 0 unspecified atom stereocenters. The highest BCUT2D eigenvalue weighted by Crippen LogP contribution is 2.33. The zero-order valence-electron chi connectivity index (χ0n) is 22.0. The van der Waals surface area contributed by atoms with Crippen molar-refractivity contribution in [1.29, 1.82) is 0 Å². The monoisotopic (exact) mass is 480 g/mol. The second-order valence-corrected chi connectivity index (χ2v) is 9.63. The first-order chi connectivity index (χ1) is 17.2. The number of benzene rings is 1. The number of hydrogen-bond donors (Lipinski definition) is 0. The number of aryl methyl sites for hydroxylation is 4. The Balaban J connectivity index is 1.49. The van der Waals surface area contributed by atoms with Crippen LogP contribution in [0.2, 0.25) is 0 Å². The summed E-state index contributed by atoms with van der Waals surface area (Å²) >= 11 is 0. The molecule has 0 fully saturated rings. The fourth-order valence-corrected chi connectivity index (χ4v) is 4.56. The molecule has 8 heteroatoms. The van der Waals surface area contributed by atoms with Gasteiger partial charge in [0.2, 0.25) is 0 Å². The molecule has 0 saturated carbocycles. The van der Waals surface area contributed by atoms with Crippen molar-refractivity contribution in [2.24, 2.45) is 7.05 Å². The Morgan fingerprint density at radius 1 is 0.917 bits per heavy atom. The molecule has 8 nitrogen and oxygen atoms in total. The van der Waals surface area contributed by atoms with Crippen LogP contribution in [-0.2, 0) is 13.6 Å². The molecule has 0 N–H and O–H groups in total. The standard InChI is InChI=1S/C28H32N8/c1-18-14-25(33(4)5)29-16-23(18)27-20(3)31-36-26(15-19(2)30-28(27)36)34(6)17-21-8-10-22(11-9-21)24-12-13-35(7)32-24/h8-16H,17H2,1-7H3. The van der Waals surface area contributed by atoms with E-state index < -0.39 is 0 Å². The van der Waals surface area contributed by atoms with Crippen LogP contribution in [0.4, 0.5) is 11.6 Å². The Morgan fingerprint density at radius 2 is 1.67 bits per heavy atom. The molecule has 4 aromatic heterocycles. The van der Waals surface area contributed by atoms with E-state index in [-0.39, 0.29) is 0 Å². The summed E-state index contributed by atoms with van der Waals surface area (Å²) in [4.78, 5) is 13.8. The van der Waals surface area contributed by atoms with Crippen LogP contribution in [-0.4, -0.2) is 50.5 Å². The predicted molar refractivity (Wildman–Crippen MR) is 146 cm³/mol. The van der Waals surface area contributed by atoms with Crippen LogP contribution in [0.15, 0.2) is 54.9 Å². The van der Waals surface area contributed by atoms with Crippen molar-refractivity contribution in [2.45, 2.75) is 27.3 Å². The van der Waals surface area contributed by atoms with Gasteiger partial charge < -0.3 is 9.80 Å². The maximum Gasteiger partial charge on any atom is 0.165 e. The molecule has 0 aliphatic heterocycles. The van der Waals surface area contributed by atoms with Gasteiger partial charge in [0.25, 0.3) is 0 Å². The lowest BCUT2D eigenvalue weighted by Crippen LogP contribution is -2.20. The summed E-state index contributed by atoms with van der Waals surface area (Å²) in [6.45, 7) is 6.93. The van der Waals surface area contributed by atoms with Crippen LogP contribution < -0.4 is 9.80 Å². The van der Waals surface area contributed by atoms with E-state index in [0.717, 1.165) is 63.2 Å². The van der Waals surface area contributed by atoms with Crippen LogP contribution in [0.25, 0.3) is 28.0 Å². The fourth-order valence-electron chi connectivity index (χ4n) is 4.56. The van der Waals surface area contributed by atoms with Gasteiger partial charge in [0.05, 0.1) is 17.0 Å².